The minimum atomic E-state index is 0.361. The van der Waals surface area contributed by atoms with Crippen LogP contribution in [0, 0.1) is 12.3 Å². The Hall–Kier alpha value is -2.43. The second-order valence-corrected chi connectivity index (χ2v) is 6.62. The van der Waals surface area contributed by atoms with E-state index in [-0.39, 0.29) is 0 Å². The van der Waals surface area contributed by atoms with Gasteiger partial charge < -0.3 is 21.3 Å². The zero-order valence-electron chi connectivity index (χ0n) is 14.6. The summed E-state index contributed by atoms with van der Waals surface area (Å²) in [5, 5.41) is 6.15. The maximum atomic E-state index is 5.83. The van der Waals surface area contributed by atoms with Gasteiger partial charge in [0.25, 0.3) is 0 Å². The standard InChI is InChI=1S/C18H24N6S/c1-4-10-20-17-16(19)13-21-18(23-17)22-14-6-8-15(9-7-14)25-12-11-24(3)5-2/h1,6-9,13H,5,10-12,19H2,2-3H3,(H2,20,21,22,23). The van der Waals surface area contributed by atoms with Crippen molar-refractivity contribution in [2.45, 2.75) is 11.8 Å². The summed E-state index contributed by atoms with van der Waals surface area (Å²) in [4.78, 5) is 12.1. The van der Waals surface area contributed by atoms with Gasteiger partial charge in [-0.2, -0.15) is 4.98 Å². The van der Waals surface area contributed by atoms with Crippen LogP contribution in [0.5, 0.6) is 0 Å². The molecule has 2 aromatic rings. The fourth-order valence-corrected chi connectivity index (χ4v) is 2.94. The summed E-state index contributed by atoms with van der Waals surface area (Å²) in [5.41, 5.74) is 7.21. The van der Waals surface area contributed by atoms with Crippen LogP contribution >= 0.6 is 11.8 Å². The molecule has 25 heavy (non-hydrogen) atoms. The van der Waals surface area contributed by atoms with E-state index in [4.69, 9.17) is 12.2 Å². The molecule has 1 aromatic heterocycles. The van der Waals surface area contributed by atoms with Gasteiger partial charge in [-0.15, -0.1) is 18.2 Å². The number of aromatic nitrogens is 2. The summed E-state index contributed by atoms with van der Waals surface area (Å²) >= 11 is 1.85. The number of hydrogen-bond acceptors (Lipinski definition) is 7. The van der Waals surface area contributed by atoms with Gasteiger partial charge in [-0.3, -0.25) is 0 Å². The van der Waals surface area contributed by atoms with E-state index < -0.39 is 0 Å². The number of nitrogen functional groups attached to an aromatic ring is 1. The first-order valence-corrected chi connectivity index (χ1v) is 9.09. The van der Waals surface area contributed by atoms with E-state index in [2.05, 4.69) is 57.5 Å². The molecular weight excluding hydrogens is 332 g/mol. The predicted molar refractivity (Wildman–Crippen MR) is 107 cm³/mol. The minimum absolute atomic E-state index is 0.361. The average molecular weight is 356 g/mol. The number of nitrogens with zero attached hydrogens (tertiary/aromatic N) is 3. The lowest BCUT2D eigenvalue weighted by Gasteiger charge is -2.13. The van der Waals surface area contributed by atoms with Crippen molar-refractivity contribution in [2.24, 2.45) is 0 Å². The second-order valence-electron chi connectivity index (χ2n) is 5.45. The third-order valence-electron chi connectivity index (χ3n) is 3.57. The van der Waals surface area contributed by atoms with Gasteiger partial charge in [-0.05, 0) is 37.9 Å². The highest BCUT2D eigenvalue weighted by atomic mass is 32.2. The van der Waals surface area contributed by atoms with Crippen LogP contribution in [0.15, 0.2) is 35.4 Å². The van der Waals surface area contributed by atoms with E-state index in [1.54, 1.807) is 6.20 Å². The molecule has 6 nitrogen and oxygen atoms in total. The molecule has 0 radical (unpaired) electrons. The highest BCUT2D eigenvalue weighted by Crippen LogP contribution is 2.23. The lowest BCUT2D eigenvalue weighted by molar-refractivity contribution is 0.376. The number of nitrogens with one attached hydrogen (secondary N) is 2. The van der Waals surface area contributed by atoms with Gasteiger partial charge in [-0.1, -0.05) is 12.8 Å². The molecule has 0 fully saturated rings. The first-order chi connectivity index (χ1) is 12.1. The Morgan fingerprint density at radius 3 is 2.76 bits per heavy atom. The fourth-order valence-electron chi connectivity index (χ4n) is 1.97. The molecule has 0 saturated heterocycles. The highest BCUT2D eigenvalue weighted by molar-refractivity contribution is 7.99. The lowest BCUT2D eigenvalue weighted by Crippen LogP contribution is -2.20. The summed E-state index contributed by atoms with van der Waals surface area (Å²) in [6.45, 7) is 4.68. The van der Waals surface area contributed by atoms with Gasteiger partial charge >= 0.3 is 0 Å². The van der Waals surface area contributed by atoms with Gasteiger partial charge in [0.15, 0.2) is 5.82 Å². The number of rotatable bonds is 9. The van der Waals surface area contributed by atoms with Crippen molar-refractivity contribution in [3.63, 3.8) is 0 Å². The van der Waals surface area contributed by atoms with Gasteiger partial charge in [-0.25, -0.2) is 4.98 Å². The number of hydrogen-bond donors (Lipinski definition) is 3. The molecule has 0 atom stereocenters. The Bertz CT molecular complexity index is 710. The molecule has 0 aliphatic rings. The van der Waals surface area contributed by atoms with Gasteiger partial charge in [0, 0.05) is 22.9 Å². The van der Waals surface area contributed by atoms with Crippen LogP contribution in [0.4, 0.5) is 23.1 Å². The fraction of sp³-hybridized carbons (Fsp3) is 0.333. The number of thioether (sulfide) groups is 1. The van der Waals surface area contributed by atoms with Crippen molar-refractivity contribution in [3.05, 3.63) is 30.5 Å². The van der Waals surface area contributed by atoms with Crippen molar-refractivity contribution in [3.8, 4) is 12.3 Å². The van der Waals surface area contributed by atoms with Crippen LogP contribution in [-0.4, -0.2) is 47.3 Å². The number of nitrogens with two attached hydrogens (primary N) is 1. The third kappa shape index (κ3) is 6.18. The van der Waals surface area contributed by atoms with E-state index in [9.17, 15) is 0 Å². The van der Waals surface area contributed by atoms with E-state index in [1.807, 2.05) is 23.9 Å². The highest BCUT2D eigenvalue weighted by Gasteiger charge is 2.05. The summed E-state index contributed by atoms with van der Waals surface area (Å²) in [7, 11) is 2.13. The van der Waals surface area contributed by atoms with Crippen molar-refractivity contribution in [1.82, 2.24) is 14.9 Å². The molecule has 0 amide bonds. The van der Waals surface area contributed by atoms with Crippen LogP contribution in [0.25, 0.3) is 0 Å². The van der Waals surface area contributed by atoms with Crippen molar-refractivity contribution in [2.75, 3.05) is 48.8 Å². The Balaban J connectivity index is 1.93. The van der Waals surface area contributed by atoms with Crippen molar-refractivity contribution < 1.29 is 0 Å². The van der Waals surface area contributed by atoms with Crippen LogP contribution in [-0.2, 0) is 0 Å². The lowest BCUT2D eigenvalue weighted by atomic mass is 10.3. The molecular formula is C18H24N6S. The Labute approximate surface area is 153 Å². The molecule has 0 unspecified atom stereocenters. The molecule has 1 aromatic carbocycles. The molecule has 2 rings (SSSR count). The molecule has 7 heteroatoms. The zero-order valence-corrected chi connectivity index (χ0v) is 15.4. The summed E-state index contributed by atoms with van der Waals surface area (Å²) in [5.74, 6) is 4.57. The quantitative estimate of drug-likeness (QED) is 0.471. The van der Waals surface area contributed by atoms with Crippen LogP contribution in [0.2, 0.25) is 0 Å². The maximum Gasteiger partial charge on any atom is 0.229 e. The number of anilines is 4. The zero-order chi connectivity index (χ0) is 18.1. The molecule has 0 aliphatic carbocycles. The molecule has 0 aliphatic heterocycles. The smallest absolute Gasteiger partial charge is 0.229 e. The van der Waals surface area contributed by atoms with Gasteiger partial charge in [0.2, 0.25) is 5.95 Å². The van der Waals surface area contributed by atoms with E-state index >= 15 is 0 Å². The Morgan fingerprint density at radius 1 is 1.32 bits per heavy atom. The maximum absolute atomic E-state index is 5.83. The minimum Gasteiger partial charge on any atom is -0.394 e. The molecule has 0 spiro atoms. The average Bonchev–Trinajstić information content (AvgIpc) is 2.63. The summed E-state index contributed by atoms with van der Waals surface area (Å²) in [6.07, 6.45) is 6.80. The summed E-state index contributed by atoms with van der Waals surface area (Å²) < 4.78 is 0. The molecule has 0 bridgehead atoms. The third-order valence-corrected chi connectivity index (χ3v) is 4.56. The first kappa shape index (κ1) is 18.9. The molecule has 132 valence electrons. The monoisotopic (exact) mass is 356 g/mol. The topological polar surface area (TPSA) is 79.1 Å². The summed E-state index contributed by atoms with van der Waals surface area (Å²) in [6, 6.07) is 8.21. The SMILES string of the molecule is C#CCNc1nc(Nc2ccc(SCCN(C)CC)cc2)ncc1N. The van der Waals surface area contributed by atoms with Crippen molar-refractivity contribution in [1.29, 1.82) is 0 Å². The molecule has 1 heterocycles. The van der Waals surface area contributed by atoms with Crippen LogP contribution < -0.4 is 16.4 Å². The van der Waals surface area contributed by atoms with Gasteiger partial charge in [0.1, 0.15) is 0 Å². The normalized spacial score (nSPS) is 10.5. The van der Waals surface area contributed by atoms with Gasteiger partial charge in [0.05, 0.1) is 18.4 Å². The number of benzene rings is 1. The first-order valence-electron chi connectivity index (χ1n) is 8.10. The Morgan fingerprint density at radius 2 is 2.08 bits per heavy atom. The van der Waals surface area contributed by atoms with Crippen molar-refractivity contribution >= 4 is 34.9 Å². The molecule has 0 saturated carbocycles. The number of terminal acetylenes is 1. The second kappa shape index (κ2) is 9.77. The Kier molecular flexibility index (Phi) is 7.38. The predicted octanol–water partition coefficient (Wildman–Crippen LogP) is 2.89. The molecule has 4 N–H and O–H groups in total. The van der Waals surface area contributed by atoms with Crippen LogP contribution in [0.3, 0.4) is 0 Å². The van der Waals surface area contributed by atoms with E-state index in [0.29, 0.717) is 24.0 Å². The van der Waals surface area contributed by atoms with E-state index in [0.717, 1.165) is 24.5 Å². The largest absolute Gasteiger partial charge is 0.394 e. The van der Waals surface area contributed by atoms with E-state index in [1.165, 1.54) is 4.90 Å². The van der Waals surface area contributed by atoms with Crippen LogP contribution in [0.1, 0.15) is 6.92 Å².